The van der Waals surface area contributed by atoms with E-state index in [0.29, 0.717) is 40.6 Å². The van der Waals surface area contributed by atoms with E-state index in [9.17, 15) is 14.0 Å². The second kappa shape index (κ2) is 8.74. The Morgan fingerprint density at radius 1 is 1.03 bits per heavy atom. The molecule has 180 valence electrons. The third-order valence-corrected chi connectivity index (χ3v) is 6.68. The number of para-hydroxylation sites is 1. The molecule has 0 aliphatic heterocycles. The number of imidazole rings is 2. The number of hydrogen-bond acceptors (Lipinski definition) is 4. The van der Waals surface area contributed by atoms with Gasteiger partial charge in [0.25, 0.3) is 5.56 Å². The summed E-state index contributed by atoms with van der Waals surface area (Å²) in [6.45, 7) is 4.59. The predicted octanol–water partition coefficient (Wildman–Crippen LogP) is 4.05. The first-order valence-electron chi connectivity index (χ1n) is 11.2. The van der Waals surface area contributed by atoms with E-state index in [1.807, 2.05) is 36.6 Å². The number of halogens is 2. The highest BCUT2D eigenvalue weighted by molar-refractivity contribution is 6.33. The third kappa shape index (κ3) is 3.72. The topological polar surface area (TPSA) is 78.3 Å². The average Bonchev–Trinajstić information content (AvgIpc) is 3.34. The van der Waals surface area contributed by atoms with Crippen molar-refractivity contribution in [3.63, 3.8) is 0 Å². The minimum absolute atomic E-state index is 0.239. The van der Waals surface area contributed by atoms with Crippen LogP contribution < -0.4 is 16.6 Å². The van der Waals surface area contributed by atoms with Crippen LogP contribution in [0.1, 0.15) is 17.8 Å². The smallest absolute Gasteiger partial charge is 0.332 e. The summed E-state index contributed by atoms with van der Waals surface area (Å²) in [5, 5.41) is 3.85. The van der Waals surface area contributed by atoms with E-state index in [-0.39, 0.29) is 12.4 Å². The standard InChI is InChI=1S/C25H24ClFN6O2/c1-15-16(2)33-21-22(29-24(33)32(15)18-11-9-17(27)10-12-18)30(3)25(35)31(23(21)34)14-6-13-28-20-8-5-4-7-19(20)26/h4-5,7-12,28H,6,13-14H2,1-3H3. The number of rotatable bonds is 6. The first-order valence-corrected chi connectivity index (χ1v) is 11.6. The van der Waals surface area contributed by atoms with Gasteiger partial charge in [-0.05, 0) is 56.7 Å². The molecule has 35 heavy (non-hydrogen) atoms. The Morgan fingerprint density at radius 2 is 1.74 bits per heavy atom. The molecule has 2 aromatic carbocycles. The quantitative estimate of drug-likeness (QED) is 0.361. The summed E-state index contributed by atoms with van der Waals surface area (Å²) in [5.41, 5.74) is 3.02. The second-order valence-electron chi connectivity index (χ2n) is 8.46. The van der Waals surface area contributed by atoms with E-state index < -0.39 is 11.2 Å². The van der Waals surface area contributed by atoms with E-state index in [1.165, 1.54) is 21.3 Å². The molecule has 5 aromatic rings. The average molecular weight is 495 g/mol. The molecule has 0 aliphatic rings. The maximum absolute atomic E-state index is 13.5. The summed E-state index contributed by atoms with van der Waals surface area (Å²) in [7, 11) is 1.61. The molecule has 0 saturated carbocycles. The fraction of sp³-hybridized carbons (Fsp3) is 0.240. The third-order valence-electron chi connectivity index (χ3n) is 6.35. The van der Waals surface area contributed by atoms with Gasteiger partial charge in [-0.25, -0.2) is 9.18 Å². The molecule has 0 amide bonds. The fourth-order valence-electron chi connectivity index (χ4n) is 4.41. The summed E-state index contributed by atoms with van der Waals surface area (Å²) in [4.78, 5) is 31.2. The number of nitrogens with zero attached hydrogens (tertiary/aromatic N) is 5. The number of anilines is 1. The van der Waals surface area contributed by atoms with Gasteiger partial charge >= 0.3 is 5.69 Å². The van der Waals surface area contributed by atoms with Crippen LogP contribution in [0.4, 0.5) is 10.1 Å². The number of fused-ring (bicyclic) bond motifs is 3. The van der Waals surface area contributed by atoms with Crippen molar-refractivity contribution >= 4 is 34.2 Å². The number of aromatic nitrogens is 5. The van der Waals surface area contributed by atoms with Gasteiger partial charge in [0.05, 0.1) is 10.7 Å². The van der Waals surface area contributed by atoms with Gasteiger partial charge in [-0.15, -0.1) is 0 Å². The highest BCUT2D eigenvalue weighted by Gasteiger charge is 2.23. The molecule has 5 rings (SSSR count). The summed E-state index contributed by atoms with van der Waals surface area (Å²) in [5.74, 6) is 0.154. The monoisotopic (exact) mass is 494 g/mol. The van der Waals surface area contributed by atoms with Gasteiger partial charge < -0.3 is 5.32 Å². The van der Waals surface area contributed by atoms with Crippen LogP contribution in [0.5, 0.6) is 0 Å². The molecule has 3 heterocycles. The molecule has 0 unspecified atom stereocenters. The Kier molecular flexibility index (Phi) is 5.72. The Morgan fingerprint density at radius 3 is 2.46 bits per heavy atom. The molecule has 0 spiro atoms. The van der Waals surface area contributed by atoms with Crippen molar-refractivity contribution in [2.24, 2.45) is 7.05 Å². The van der Waals surface area contributed by atoms with Crippen molar-refractivity contribution in [3.05, 3.63) is 91.6 Å². The summed E-state index contributed by atoms with van der Waals surface area (Å²) < 4.78 is 19.8. The first-order chi connectivity index (χ1) is 16.8. The Bertz CT molecular complexity index is 1690. The van der Waals surface area contributed by atoms with Crippen LogP contribution in [-0.4, -0.2) is 29.6 Å². The SMILES string of the molecule is Cc1c(C)n2c3c(=O)n(CCCNc4ccccc4Cl)c(=O)n(C)c3nc2n1-c1ccc(F)cc1. The second-order valence-corrected chi connectivity index (χ2v) is 8.87. The molecular formula is C25H24ClFN6O2. The molecule has 0 radical (unpaired) electrons. The van der Waals surface area contributed by atoms with Gasteiger partial charge in [0.2, 0.25) is 5.78 Å². The molecule has 0 aliphatic carbocycles. The minimum atomic E-state index is -0.427. The Balaban J connectivity index is 1.57. The maximum Gasteiger partial charge on any atom is 0.332 e. The fourth-order valence-corrected chi connectivity index (χ4v) is 4.61. The Hall–Kier alpha value is -3.85. The van der Waals surface area contributed by atoms with Crippen LogP contribution in [-0.2, 0) is 13.6 Å². The largest absolute Gasteiger partial charge is 0.384 e. The zero-order chi connectivity index (χ0) is 24.9. The minimum Gasteiger partial charge on any atom is -0.384 e. The lowest BCUT2D eigenvalue weighted by molar-refractivity contribution is 0.583. The van der Waals surface area contributed by atoms with Gasteiger partial charge in [-0.3, -0.25) is 22.9 Å². The van der Waals surface area contributed by atoms with Gasteiger partial charge in [0.1, 0.15) is 5.82 Å². The van der Waals surface area contributed by atoms with Gasteiger partial charge in [0.15, 0.2) is 11.2 Å². The van der Waals surface area contributed by atoms with E-state index in [2.05, 4.69) is 10.3 Å². The molecule has 0 bridgehead atoms. The van der Waals surface area contributed by atoms with Crippen molar-refractivity contribution in [2.45, 2.75) is 26.8 Å². The van der Waals surface area contributed by atoms with Crippen LogP contribution in [0, 0.1) is 19.7 Å². The van der Waals surface area contributed by atoms with Crippen LogP contribution in [0.3, 0.4) is 0 Å². The molecule has 10 heteroatoms. The van der Waals surface area contributed by atoms with Crippen molar-refractivity contribution < 1.29 is 4.39 Å². The van der Waals surface area contributed by atoms with Gasteiger partial charge in [0, 0.05) is 37.2 Å². The lowest BCUT2D eigenvalue weighted by atomic mass is 10.3. The molecule has 8 nitrogen and oxygen atoms in total. The number of nitrogens with one attached hydrogen (secondary N) is 1. The first kappa shape index (κ1) is 22.9. The number of aryl methyl sites for hydroxylation is 2. The number of benzene rings is 2. The summed E-state index contributed by atoms with van der Waals surface area (Å²) in [6.07, 6.45) is 0.544. The van der Waals surface area contributed by atoms with Crippen LogP contribution in [0.15, 0.2) is 58.1 Å². The van der Waals surface area contributed by atoms with Crippen LogP contribution in [0.2, 0.25) is 5.02 Å². The van der Waals surface area contributed by atoms with E-state index in [4.69, 9.17) is 11.6 Å². The lowest BCUT2D eigenvalue weighted by Gasteiger charge is -2.10. The van der Waals surface area contributed by atoms with Crippen molar-refractivity contribution in [3.8, 4) is 5.69 Å². The lowest BCUT2D eigenvalue weighted by Crippen LogP contribution is -2.39. The predicted molar refractivity (Wildman–Crippen MR) is 136 cm³/mol. The molecule has 0 saturated heterocycles. The highest BCUT2D eigenvalue weighted by atomic mass is 35.5. The summed E-state index contributed by atoms with van der Waals surface area (Å²) in [6, 6.07) is 13.5. The Labute approximate surface area is 204 Å². The summed E-state index contributed by atoms with van der Waals surface area (Å²) >= 11 is 6.18. The molecule has 3 aromatic heterocycles. The van der Waals surface area contributed by atoms with Gasteiger partial charge in [-0.2, -0.15) is 4.98 Å². The molecule has 0 fully saturated rings. The van der Waals surface area contributed by atoms with E-state index in [1.54, 1.807) is 29.6 Å². The zero-order valence-electron chi connectivity index (χ0n) is 19.5. The highest BCUT2D eigenvalue weighted by Crippen LogP contribution is 2.25. The van der Waals surface area contributed by atoms with Crippen LogP contribution >= 0.6 is 11.6 Å². The van der Waals surface area contributed by atoms with Gasteiger partial charge in [-0.1, -0.05) is 23.7 Å². The molecular weight excluding hydrogens is 471 g/mol. The molecule has 0 atom stereocenters. The normalized spacial score (nSPS) is 11.6. The van der Waals surface area contributed by atoms with E-state index in [0.717, 1.165) is 17.1 Å². The van der Waals surface area contributed by atoms with Crippen molar-refractivity contribution in [1.29, 1.82) is 0 Å². The number of hydrogen-bond donors (Lipinski definition) is 1. The van der Waals surface area contributed by atoms with Crippen molar-refractivity contribution in [2.75, 3.05) is 11.9 Å². The zero-order valence-corrected chi connectivity index (χ0v) is 20.3. The van der Waals surface area contributed by atoms with E-state index >= 15 is 0 Å². The molecule has 1 N–H and O–H groups in total. The van der Waals surface area contributed by atoms with Crippen molar-refractivity contribution in [1.82, 2.24) is 23.1 Å². The van der Waals surface area contributed by atoms with Crippen LogP contribution in [0.25, 0.3) is 22.6 Å². The maximum atomic E-state index is 13.5.